The zero-order valence-electron chi connectivity index (χ0n) is 20.0. The predicted octanol–water partition coefficient (Wildman–Crippen LogP) is 5.47. The molecule has 3 aromatic rings. The molecule has 2 aromatic heterocycles. The van der Waals surface area contributed by atoms with Crippen LogP contribution in [-0.2, 0) is 28.9 Å². The number of carbonyl (C=O) groups excluding carboxylic acids is 2. The van der Waals surface area contributed by atoms with Crippen molar-refractivity contribution in [2.24, 2.45) is 0 Å². The SMILES string of the molecule is CCn1c(SCC(=O)Nc2sc3c(c2C(=O)OC)CCC3)nnc1C(C)Oc1cc(C)ccc1Cl. The van der Waals surface area contributed by atoms with Gasteiger partial charge in [-0.05, 0) is 63.3 Å². The van der Waals surface area contributed by atoms with Gasteiger partial charge in [0.2, 0.25) is 5.91 Å². The fraction of sp³-hybridized carbons (Fsp3) is 0.417. The van der Waals surface area contributed by atoms with Crippen molar-refractivity contribution in [3.05, 3.63) is 50.6 Å². The minimum absolute atomic E-state index is 0.125. The van der Waals surface area contributed by atoms with Gasteiger partial charge in [0, 0.05) is 11.4 Å². The third-order valence-corrected chi connectivity index (χ3v) is 8.20. The fourth-order valence-electron chi connectivity index (χ4n) is 4.05. The number of rotatable bonds is 9. The molecule has 2 heterocycles. The van der Waals surface area contributed by atoms with Gasteiger partial charge in [-0.25, -0.2) is 4.79 Å². The smallest absolute Gasteiger partial charge is 0.341 e. The number of esters is 1. The lowest BCUT2D eigenvalue weighted by Crippen LogP contribution is -2.17. The summed E-state index contributed by atoms with van der Waals surface area (Å²) in [5, 5.41) is 13.2. The molecule has 0 aliphatic heterocycles. The highest BCUT2D eigenvalue weighted by atomic mass is 35.5. The average Bonchev–Trinajstić information content (AvgIpc) is 3.53. The number of halogens is 1. The van der Waals surface area contributed by atoms with Crippen LogP contribution in [0.5, 0.6) is 5.75 Å². The third-order valence-electron chi connectivity index (χ3n) is 5.71. The molecule has 0 bridgehead atoms. The molecule has 1 aliphatic rings. The van der Waals surface area contributed by atoms with Crippen LogP contribution < -0.4 is 10.1 Å². The Balaban J connectivity index is 1.43. The first-order valence-corrected chi connectivity index (χ1v) is 13.5. The lowest BCUT2D eigenvalue weighted by atomic mass is 10.1. The number of thiophene rings is 1. The average molecular weight is 535 g/mol. The molecule has 1 unspecified atom stereocenters. The van der Waals surface area contributed by atoms with Crippen molar-refractivity contribution in [3.63, 3.8) is 0 Å². The number of hydrogen-bond donors (Lipinski definition) is 1. The van der Waals surface area contributed by atoms with Crippen molar-refractivity contribution in [3.8, 4) is 5.75 Å². The quantitative estimate of drug-likeness (QED) is 0.287. The highest BCUT2D eigenvalue weighted by Crippen LogP contribution is 2.39. The molecule has 8 nitrogen and oxygen atoms in total. The van der Waals surface area contributed by atoms with Crippen LogP contribution in [0.3, 0.4) is 0 Å². The Labute approximate surface area is 217 Å². The molecule has 186 valence electrons. The molecule has 0 spiro atoms. The van der Waals surface area contributed by atoms with Crippen LogP contribution in [0.2, 0.25) is 5.02 Å². The van der Waals surface area contributed by atoms with Crippen LogP contribution in [0.1, 0.15) is 58.6 Å². The lowest BCUT2D eigenvalue weighted by molar-refractivity contribution is -0.113. The standard InChI is InChI=1S/C24H27ClN4O4S2/c1-5-29-21(14(3)33-17-11-13(2)9-10-16(17)25)27-28-24(29)34-12-19(30)26-22-20(23(31)32-4)15-7-6-8-18(15)35-22/h9-11,14H,5-8,12H2,1-4H3,(H,26,30). The topological polar surface area (TPSA) is 95.3 Å². The van der Waals surface area contributed by atoms with E-state index in [9.17, 15) is 9.59 Å². The van der Waals surface area contributed by atoms with Gasteiger partial charge in [-0.15, -0.1) is 21.5 Å². The van der Waals surface area contributed by atoms with Gasteiger partial charge in [0.05, 0.1) is 23.4 Å². The van der Waals surface area contributed by atoms with Crippen molar-refractivity contribution in [2.75, 3.05) is 18.2 Å². The van der Waals surface area contributed by atoms with Gasteiger partial charge in [-0.3, -0.25) is 4.79 Å². The van der Waals surface area contributed by atoms with Crippen LogP contribution in [-0.4, -0.2) is 39.5 Å². The van der Waals surface area contributed by atoms with E-state index >= 15 is 0 Å². The molecule has 1 aliphatic carbocycles. The Morgan fingerprint density at radius 3 is 2.86 bits per heavy atom. The molecule has 1 atom stereocenters. The summed E-state index contributed by atoms with van der Waals surface area (Å²) in [6.07, 6.45) is 2.38. The molecule has 1 amide bonds. The van der Waals surface area contributed by atoms with Crippen molar-refractivity contribution in [2.45, 2.75) is 57.8 Å². The number of anilines is 1. The maximum Gasteiger partial charge on any atom is 0.341 e. The summed E-state index contributed by atoms with van der Waals surface area (Å²) in [6, 6.07) is 5.61. The third kappa shape index (κ3) is 5.49. The number of fused-ring (bicyclic) bond motifs is 1. The van der Waals surface area contributed by atoms with Gasteiger partial charge in [0.15, 0.2) is 17.1 Å². The summed E-state index contributed by atoms with van der Waals surface area (Å²) < 4.78 is 12.9. The second-order valence-electron chi connectivity index (χ2n) is 8.17. The van der Waals surface area contributed by atoms with Gasteiger partial charge >= 0.3 is 5.97 Å². The molecule has 1 N–H and O–H groups in total. The number of benzene rings is 1. The fourth-order valence-corrected chi connectivity index (χ4v) is 6.32. The summed E-state index contributed by atoms with van der Waals surface area (Å²) in [7, 11) is 1.36. The minimum Gasteiger partial charge on any atom is -0.481 e. The Kier molecular flexibility index (Phi) is 8.03. The monoisotopic (exact) mass is 534 g/mol. The van der Waals surface area contributed by atoms with Crippen LogP contribution >= 0.6 is 34.7 Å². The van der Waals surface area contributed by atoms with E-state index in [0.717, 1.165) is 35.3 Å². The number of aromatic nitrogens is 3. The second kappa shape index (κ2) is 11.0. The number of ether oxygens (including phenoxy) is 2. The van der Waals surface area contributed by atoms with E-state index in [2.05, 4.69) is 15.5 Å². The second-order valence-corrected chi connectivity index (χ2v) is 10.6. The van der Waals surface area contributed by atoms with Gasteiger partial charge in [0.25, 0.3) is 0 Å². The number of nitrogens with one attached hydrogen (secondary N) is 1. The molecule has 0 saturated heterocycles. The van der Waals surface area contributed by atoms with E-state index in [1.807, 2.05) is 37.5 Å². The normalized spacial score (nSPS) is 13.4. The van der Waals surface area contributed by atoms with E-state index in [4.69, 9.17) is 21.1 Å². The molecule has 35 heavy (non-hydrogen) atoms. The number of amides is 1. The first-order chi connectivity index (χ1) is 16.8. The number of thioether (sulfide) groups is 1. The molecule has 0 radical (unpaired) electrons. The highest BCUT2D eigenvalue weighted by Gasteiger charge is 2.28. The minimum atomic E-state index is -0.412. The van der Waals surface area contributed by atoms with Crippen molar-refractivity contribution in [1.82, 2.24) is 14.8 Å². The Morgan fingerprint density at radius 2 is 2.11 bits per heavy atom. The zero-order valence-corrected chi connectivity index (χ0v) is 22.4. The molecule has 4 rings (SSSR count). The van der Waals surface area contributed by atoms with Crippen molar-refractivity contribution >= 4 is 51.6 Å². The molecule has 1 aromatic carbocycles. The highest BCUT2D eigenvalue weighted by molar-refractivity contribution is 7.99. The number of methoxy groups -OCH3 is 1. The first-order valence-electron chi connectivity index (χ1n) is 11.3. The van der Waals surface area contributed by atoms with Crippen LogP contribution in [0.15, 0.2) is 23.4 Å². The molecular weight excluding hydrogens is 508 g/mol. The van der Waals surface area contributed by atoms with Gasteiger partial charge in [-0.2, -0.15) is 0 Å². The predicted molar refractivity (Wildman–Crippen MR) is 138 cm³/mol. The van der Waals surface area contributed by atoms with E-state index in [1.165, 1.54) is 30.2 Å². The van der Waals surface area contributed by atoms with Gasteiger partial charge < -0.3 is 19.4 Å². The van der Waals surface area contributed by atoms with Gasteiger partial charge in [-0.1, -0.05) is 29.4 Å². The molecular formula is C24H27ClN4O4S2. The van der Waals surface area contributed by atoms with Crippen LogP contribution in [0.25, 0.3) is 0 Å². The summed E-state index contributed by atoms with van der Waals surface area (Å²) >= 11 is 9.02. The zero-order chi connectivity index (χ0) is 25.1. The summed E-state index contributed by atoms with van der Waals surface area (Å²) in [5.41, 5.74) is 2.54. The number of aryl methyl sites for hydroxylation is 2. The first kappa shape index (κ1) is 25.5. The van der Waals surface area contributed by atoms with E-state index < -0.39 is 5.97 Å². The molecule has 0 fully saturated rings. The largest absolute Gasteiger partial charge is 0.481 e. The molecule has 11 heteroatoms. The van der Waals surface area contributed by atoms with Crippen molar-refractivity contribution < 1.29 is 19.1 Å². The number of hydrogen-bond acceptors (Lipinski definition) is 8. The summed E-state index contributed by atoms with van der Waals surface area (Å²) in [4.78, 5) is 26.2. The number of carbonyl (C=O) groups is 2. The maximum atomic E-state index is 12.8. The Hall–Kier alpha value is -2.56. The van der Waals surface area contributed by atoms with E-state index in [-0.39, 0.29) is 17.8 Å². The van der Waals surface area contributed by atoms with E-state index in [0.29, 0.717) is 38.9 Å². The van der Waals surface area contributed by atoms with E-state index in [1.54, 1.807) is 6.07 Å². The van der Waals surface area contributed by atoms with Crippen LogP contribution in [0, 0.1) is 6.92 Å². The summed E-state index contributed by atoms with van der Waals surface area (Å²) in [6.45, 7) is 6.46. The van der Waals surface area contributed by atoms with Crippen molar-refractivity contribution in [1.29, 1.82) is 0 Å². The molecule has 0 saturated carbocycles. The Morgan fingerprint density at radius 1 is 1.31 bits per heavy atom. The number of nitrogens with zero attached hydrogens (tertiary/aromatic N) is 3. The Bertz CT molecular complexity index is 1260. The maximum absolute atomic E-state index is 12.8. The summed E-state index contributed by atoms with van der Waals surface area (Å²) in [5.74, 6) is 0.729. The lowest BCUT2D eigenvalue weighted by Gasteiger charge is -2.16. The van der Waals surface area contributed by atoms with Gasteiger partial charge in [0.1, 0.15) is 10.8 Å². The van der Waals surface area contributed by atoms with Crippen LogP contribution in [0.4, 0.5) is 5.00 Å².